The Balaban J connectivity index is 2.37. The van der Waals surface area contributed by atoms with E-state index in [0.29, 0.717) is 5.02 Å². The molecule has 96 valence electrons. The summed E-state index contributed by atoms with van der Waals surface area (Å²) >= 11 is 11.3. The number of hydrogen-bond acceptors (Lipinski definition) is 3. The lowest BCUT2D eigenvalue weighted by molar-refractivity contribution is 0.844. The van der Waals surface area contributed by atoms with Gasteiger partial charge in [-0.2, -0.15) is 0 Å². The van der Waals surface area contributed by atoms with Gasteiger partial charge >= 0.3 is 0 Å². The Kier molecular flexibility index (Phi) is 4.43. The molecule has 0 aliphatic carbocycles. The van der Waals surface area contributed by atoms with Crippen molar-refractivity contribution in [3.63, 3.8) is 0 Å². The summed E-state index contributed by atoms with van der Waals surface area (Å²) in [5.74, 6) is 0. The monoisotopic (exact) mass is 344 g/mol. The van der Waals surface area contributed by atoms with Gasteiger partial charge in [-0.05, 0) is 31.0 Å². The second-order valence-corrected chi connectivity index (χ2v) is 6.61. The molecular formula is C13H14BrClN2S. The minimum Gasteiger partial charge on any atom is -0.318 e. The van der Waals surface area contributed by atoms with Crippen molar-refractivity contribution in [2.45, 2.75) is 26.3 Å². The average Bonchev–Trinajstić information content (AvgIpc) is 2.70. The molecule has 2 nitrogen and oxygen atoms in total. The molecule has 2 N–H and O–H groups in total. The van der Waals surface area contributed by atoms with Crippen molar-refractivity contribution in [3.05, 3.63) is 48.8 Å². The molecule has 0 spiro atoms. The van der Waals surface area contributed by atoms with E-state index in [-0.39, 0.29) is 6.04 Å². The Bertz CT molecular complexity index is 568. The Morgan fingerprint density at radius 3 is 2.78 bits per heavy atom. The highest BCUT2D eigenvalue weighted by molar-refractivity contribution is 9.10. The Morgan fingerprint density at radius 1 is 1.50 bits per heavy atom. The van der Waals surface area contributed by atoms with Gasteiger partial charge in [-0.3, -0.25) is 0 Å². The van der Waals surface area contributed by atoms with Gasteiger partial charge in [0.05, 0.1) is 11.7 Å². The molecule has 2 rings (SSSR count). The Labute approximate surface area is 124 Å². The summed E-state index contributed by atoms with van der Waals surface area (Å²) in [6, 6.07) is 5.49. The standard InChI is InChI=1S/C13H14BrClN2S/c1-3-11-7(2)18-13(17-11)12(16)9-5-4-8(14)6-10(9)15/h4-6,12H,3,16H2,1-2H3. The zero-order chi connectivity index (χ0) is 13.3. The van der Waals surface area contributed by atoms with Gasteiger partial charge in [0.1, 0.15) is 5.01 Å². The summed E-state index contributed by atoms with van der Waals surface area (Å²) in [5.41, 5.74) is 8.29. The first-order chi connectivity index (χ1) is 8.52. The topological polar surface area (TPSA) is 38.9 Å². The van der Waals surface area contributed by atoms with E-state index in [1.807, 2.05) is 18.2 Å². The quantitative estimate of drug-likeness (QED) is 0.891. The van der Waals surface area contributed by atoms with E-state index in [1.165, 1.54) is 4.88 Å². The maximum absolute atomic E-state index is 6.25. The lowest BCUT2D eigenvalue weighted by Crippen LogP contribution is -2.12. The normalized spacial score (nSPS) is 12.7. The average molecular weight is 346 g/mol. The fraction of sp³-hybridized carbons (Fsp3) is 0.308. The third kappa shape index (κ3) is 2.77. The molecule has 1 unspecified atom stereocenters. The van der Waals surface area contributed by atoms with E-state index < -0.39 is 0 Å². The van der Waals surface area contributed by atoms with Crippen LogP contribution in [0.5, 0.6) is 0 Å². The summed E-state index contributed by atoms with van der Waals surface area (Å²) in [4.78, 5) is 5.82. The molecule has 18 heavy (non-hydrogen) atoms. The van der Waals surface area contributed by atoms with Crippen LogP contribution in [0.4, 0.5) is 0 Å². The number of thiazole rings is 1. The van der Waals surface area contributed by atoms with Gasteiger partial charge in [-0.25, -0.2) is 4.98 Å². The molecular weight excluding hydrogens is 332 g/mol. The number of benzene rings is 1. The van der Waals surface area contributed by atoms with Gasteiger partial charge in [0.15, 0.2) is 0 Å². The van der Waals surface area contributed by atoms with Crippen LogP contribution in [0.25, 0.3) is 0 Å². The molecule has 1 atom stereocenters. The van der Waals surface area contributed by atoms with Crippen LogP contribution in [0, 0.1) is 6.92 Å². The molecule has 0 amide bonds. The summed E-state index contributed by atoms with van der Waals surface area (Å²) in [6.45, 7) is 4.18. The van der Waals surface area contributed by atoms with E-state index in [1.54, 1.807) is 11.3 Å². The second-order valence-electron chi connectivity index (χ2n) is 4.05. The molecule has 5 heteroatoms. The van der Waals surface area contributed by atoms with Crippen molar-refractivity contribution < 1.29 is 0 Å². The van der Waals surface area contributed by atoms with E-state index in [9.17, 15) is 0 Å². The highest BCUT2D eigenvalue weighted by atomic mass is 79.9. The van der Waals surface area contributed by atoms with E-state index in [4.69, 9.17) is 17.3 Å². The number of nitrogens with zero attached hydrogens (tertiary/aromatic N) is 1. The van der Waals surface area contributed by atoms with Crippen LogP contribution >= 0.6 is 38.9 Å². The fourth-order valence-corrected chi connectivity index (χ4v) is 3.62. The fourth-order valence-electron chi connectivity index (χ4n) is 1.80. The van der Waals surface area contributed by atoms with Crippen molar-refractivity contribution in [3.8, 4) is 0 Å². The van der Waals surface area contributed by atoms with E-state index in [0.717, 1.165) is 27.2 Å². The number of nitrogens with two attached hydrogens (primary N) is 1. The highest BCUT2D eigenvalue weighted by Gasteiger charge is 2.17. The molecule has 2 aromatic rings. The lowest BCUT2D eigenvalue weighted by Gasteiger charge is -2.11. The van der Waals surface area contributed by atoms with Gasteiger partial charge in [-0.15, -0.1) is 11.3 Å². The van der Waals surface area contributed by atoms with Crippen molar-refractivity contribution >= 4 is 38.9 Å². The Morgan fingerprint density at radius 2 is 2.22 bits per heavy atom. The van der Waals surface area contributed by atoms with Gasteiger partial charge in [-0.1, -0.05) is 40.5 Å². The van der Waals surface area contributed by atoms with Crippen molar-refractivity contribution in [1.82, 2.24) is 4.98 Å². The smallest absolute Gasteiger partial charge is 0.114 e. The summed E-state index contributed by atoms with van der Waals surface area (Å²) in [5, 5.41) is 1.59. The molecule has 0 bridgehead atoms. The predicted octanol–water partition coefficient (Wildman–Crippen LogP) is 4.48. The van der Waals surface area contributed by atoms with Crippen molar-refractivity contribution in [1.29, 1.82) is 0 Å². The van der Waals surface area contributed by atoms with Gasteiger partial charge in [0, 0.05) is 14.4 Å². The molecule has 1 aromatic carbocycles. The SMILES string of the molecule is CCc1nc(C(N)c2ccc(Br)cc2Cl)sc1C. The molecule has 0 saturated carbocycles. The Hall–Kier alpha value is -0.420. The molecule has 0 radical (unpaired) electrons. The zero-order valence-electron chi connectivity index (χ0n) is 10.2. The van der Waals surface area contributed by atoms with Crippen LogP contribution in [-0.4, -0.2) is 4.98 Å². The molecule has 0 aliphatic heterocycles. The summed E-state index contributed by atoms with van der Waals surface area (Å²) in [6.07, 6.45) is 0.934. The van der Waals surface area contributed by atoms with Crippen molar-refractivity contribution in [2.24, 2.45) is 5.73 Å². The number of aryl methyl sites for hydroxylation is 2. The molecule has 0 aliphatic rings. The van der Waals surface area contributed by atoms with Crippen LogP contribution in [0.2, 0.25) is 5.02 Å². The summed E-state index contributed by atoms with van der Waals surface area (Å²) in [7, 11) is 0. The molecule has 0 saturated heterocycles. The van der Waals surface area contributed by atoms with Crippen LogP contribution < -0.4 is 5.73 Å². The van der Waals surface area contributed by atoms with E-state index in [2.05, 4.69) is 34.8 Å². The first kappa shape index (κ1) is 14.0. The number of halogens is 2. The van der Waals surface area contributed by atoms with Gasteiger partial charge in [0.25, 0.3) is 0 Å². The third-order valence-corrected chi connectivity index (χ3v) is 4.72. The minimum atomic E-state index is -0.255. The van der Waals surface area contributed by atoms with Crippen LogP contribution in [-0.2, 0) is 6.42 Å². The summed E-state index contributed by atoms with van der Waals surface area (Å²) < 4.78 is 0.952. The van der Waals surface area contributed by atoms with Gasteiger partial charge in [0.2, 0.25) is 0 Å². The molecule has 0 fully saturated rings. The maximum atomic E-state index is 6.25. The largest absolute Gasteiger partial charge is 0.318 e. The van der Waals surface area contributed by atoms with Crippen LogP contribution in [0.1, 0.15) is 34.1 Å². The number of rotatable bonds is 3. The minimum absolute atomic E-state index is 0.255. The zero-order valence-corrected chi connectivity index (χ0v) is 13.4. The lowest BCUT2D eigenvalue weighted by atomic mass is 10.1. The molecule has 1 aromatic heterocycles. The predicted molar refractivity (Wildman–Crippen MR) is 81.4 cm³/mol. The van der Waals surface area contributed by atoms with E-state index >= 15 is 0 Å². The molecule has 1 heterocycles. The second kappa shape index (κ2) is 5.70. The van der Waals surface area contributed by atoms with Crippen LogP contribution in [0.3, 0.4) is 0 Å². The number of aromatic nitrogens is 1. The van der Waals surface area contributed by atoms with Crippen molar-refractivity contribution in [2.75, 3.05) is 0 Å². The first-order valence-electron chi connectivity index (χ1n) is 5.69. The maximum Gasteiger partial charge on any atom is 0.114 e. The van der Waals surface area contributed by atoms with Crippen LogP contribution in [0.15, 0.2) is 22.7 Å². The number of hydrogen-bond donors (Lipinski definition) is 1. The van der Waals surface area contributed by atoms with Gasteiger partial charge < -0.3 is 5.73 Å². The third-order valence-electron chi connectivity index (χ3n) is 2.81. The first-order valence-corrected chi connectivity index (χ1v) is 7.68. The highest BCUT2D eigenvalue weighted by Crippen LogP contribution is 2.32.